The number of rotatable bonds is 9. The highest BCUT2D eigenvalue weighted by molar-refractivity contribution is 7.23. The highest BCUT2D eigenvalue weighted by atomic mass is 35.5. The number of para-hydroxylation sites is 2. The number of halogens is 2. The molecule has 0 bridgehead atoms. The molecule has 168 valence electrons. The molecule has 1 amide bonds. The van der Waals surface area contributed by atoms with E-state index in [-0.39, 0.29) is 24.9 Å². The molecule has 31 heavy (non-hydrogen) atoms. The third kappa shape index (κ3) is 5.92. The van der Waals surface area contributed by atoms with E-state index in [4.69, 9.17) is 25.8 Å². The number of benzene rings is 2. The Morgan fingerprint density at radius 1 is 1.03 bits per heavy atom. The lowest BCUT2D eigenvalue weighted by molar-refractivity contribution is -0.120. The van der Waals surface area contributed by atoms with Crippen LogP contribution >= 0.6 is 35.3 Å². The number of thiazole rings is 1. The minimum absolute atomic E-state index is 0. The van der Waals surface area contributed by atoms with Gasteiger partial charge in [0.25, 0.3) is 5.91 Å². The summed E-state index contributed by atoms with van der Waals surface area (Å²) in [4.78, 5) is 21.4. The zero-order valence-corrected chi connectivity index (χ0v) is 20.1. The number of methoxy groups -OCH3 is 2. The van der Waals surface area contributed by atoms with Gasteiger partial charge in [-0.15, -0.1) is 12.4 Å². The number of aromatic nitrogens is 1. The lowest BCUT2D eigenvalue weighted by Crippen LogP contribution is -2.39. The van der Waals surface area contributed by atoms with Gasteiger partial charge in [-0.05, 0) is 38.4 Å². The van der Waals surface area contributed by atoms with Crippen LogP contribution in [-0.2, 0) is 4.79 Å². The first-order chi connectivity index (χ1) is 14.4. The molecule has 0 saturated heterocycles. The first-order valence-corrected chi connectivity index (χ1v) is 10.5. The third-order valence-electron chi connectivity index (χ3n) is 4.39. The maximum Gasteiger partial charge on any atom is 0.266 e. The summed E-state index contributed by atoms with van der Waals surface area (Å²) >= 11 is 7.70. The Morgan fingerprint density at radius 3 is 2.35 bits per heavy atom. The molecule has 1 aromatic heterocycles. The highest BCUT2D eigenvalue weighted by Crippen LogP contribution is 2.38. The van der Waals surface area contributed by atoms with Crippen molar-refractivity contribution in [3.63, 3.8) is 0 Å². The van der Waals surface area contributed by atoms with Crippen LogP contribution in [0.2, 0.25) is 5.02 Å². The molecule has 0 N–H and O–H groups in total. The van der Waals surface area contributed by atoms with E-state index in [1.807, 2.05) is 31.1 Å². The van der Waals surface area contributed by atoms with Crippen molar-refractivity contribution in [3.8, 4) is 17.2 Å². The van der Waals surface area contributed by atoms with E-state index in [9.17, 15) is 4.79 Å². The minimum Gasteiger partial charge on any atom is -0.494 e. The fourth-order valence-corrected chi connectivity index (χ4v) is 4.10. The number of ether oxygens (including phenoxy) is 3. The molecule has 0 fully saturated rings. The number of nitrogens with zero attached hydrogens (tertiary/aromatic N) is 3. The number of likely N-dealkylation sites (N-methyl/N-ethyl adjacent to an activating group) is 1. The fourth-order valence-electron chi connectivity index (χ4n) is 2.80. The van der Waals surface area contributed by atoms with E-state index < -0.39 is 0 Å². The first kappa shape index (κ1) is 25.0. The Labute approximate surface area is 196 Å². The van der Waals surface area contributed by atoms with Gasteiger partial charge in [0.05, 0.1) is 23.9 Å². The molecule has 7 nitrogen and oxygen atoms in total. The van der Waals surface area contributed by atoms with E-state index in [2.05, 4.69) is 4.98 Å². The van der Waals surface area contributed by atoms with Gasteiger partial charge in [0.1, 0.15) is 11.3 Å². The predicted molar refractivity (Wildman–Crippen MR) is 128 cm³/mol. The summed E-state index contributed by atoms with van der Waals surface area (Å²) in [5.74, 6) is 1.48. The molecule has 1 heterocycles. The van der Waals surface area contributed by atoms with Gasteiger partial charge in [-0.3, -0.25) is 9.69 Å². The lowest BCUT2D eigenvalue weighted by Gasteiger charge is -2.22. The van der Waals surface area contributed by atoms with Gasteiger partial charge >= 0.3 is 0 Å². The van der Waals surface area contributed by atoms with Crippen molar-refractivity contribution in [2.45, 2.75) is 0 Å². The Hall–Kier alpha value is -2.26. The smallest absolute Gasteiger partial charge is 0.266 e. The summed E-state index contributed by atoms with van der Waals surface area (Å²) < 4.78 is 17.2. The van der Waals surface area contributed by atoms with Crippen molar-refractivity contribution >= 4 is 56.6 Å². The normalized spacial score (nSPS) is 10.6. The second kappa shape index (κ2) is 11.4. The molecular formula is C21H25Cl2N3O4S. The topological polar surface area (TPSA) is 64.1 Å². The monoisotopic (exact) mass is 485 g/mol. The second-order valence-corrected chi connectivity index (χ2v) is 8.10. The van der Waals surface area contributed by atoms with Gasteiger partial charge in [0.2, 0.25) is 0 Å². The van der Waals surface area contributed by atoms with E-state index in [1.165, 1.54) is 11.3 Å². The van der Waals surface area contributed by atoms with E-state index in [1.54, 1.807) is 43.4 Å². The van der Waals surface area contributed by atoms with Crippen molar-refractivity contribution in [2.75, 3.05) is 52.9 Å². The predicted octanol–water partition coefficient (Wildman–Crippen LogP) is 4.36. The summed E-state index contributed by atoms with van der Waals surface area (Å²) in [5, 5.41) is 1.12. The molecule has 0 unspecified atom stereocenters. The average Bonchev–Trinajstić information content (AvgIpc) is 3.18. The van der Waals surface area contributed by atoms with Crippen LogP contribution < -0.4 is 19.1 Å². The molecule has 3 rings (SSSR count). The standard InChI is InChI=1S/C21H24ClN3O4S.ClH/c1-24(2)11-12-25(18(26)13-29-16-8-6-5-7-15(16)27-3)21-23-19-17(28-4)10-9-14(22)20(19)30-21;/h5-10H,11-13H2,1-4H3;1H. The molecule has 0 aliphatic rings. The number of carbonyl (C=O) groups is 1. The van der Waals surface area contributed by atoms with Crippen LogP contribution in [0, 0.1) is 0 Å². The SMILES string of the molecule is COc1ccccc1OCC(=O)N(CCN(C)C)c1nc2c(OC)ccc(Cl)c2s1.Cl. The van der Waals surface area contributed by atoms with Gasteiger partial charge in [-0.25, -0.2) is 4.98 Å². The summed E-state index contributed by atoms with van der Waals surface area (Å²) in [5.41, 5.74) is 0.637. The second-order valence-electron chi connectivity index (χ2n) is 6.71. The number of hydrogen-bond acceptors (Lipinski definition) is 7. The summed E-state index contributed by atoms with van der Waals surface area (Å²) in [6, 6.07) is 10.7. The Balaban J connectivity index is 0.00000341. The zero-order valence-electron chi connectivity index (χ0n) is 17.8. The van der Waals surface area contributed by atoms with Crippen molar-refractivity contribution in [2.24, 2.45) is 0 Å². The van der Waals surface area contributed by atoms with Crippen LogP contribution in [-0.4, -0.2) is 63.8 Å². The third-order valence-corrected chi connectivity index (χ3v) is 5.93. The molecule has 0 radical (unpaired) electrons. The van der Waals surface area contributed by atoms with Gasteiger partial charge in [-0.1, -0.05) is 35.1 Å². The van der Waals surface area contributed by atoms with Crippen LogP contribution in [0.3, 0.4) is 0 Å². The van der Waals surface area contributed by atoms with Crippen LogP contribution in [0.4, 0.5) is 5.13 Å². The van der Waals surface area contributed by atoms with Crippen LogP contribution in [0.5, 0.6) is 17.2 Å². The summed E-state index contributed by atoms with van der Waals surface area (Å²) in [6.07, 6.45) is 0. The van der Waals surface area contributed by atoms with Crippen LogP contribution in [0.1, 0.15) is 0 Å². The van der Waals surface area contributed by atoms with Crippen molar-refractivity contribution in [1.29, 1.82) is 0 Å². The van der Waals surface area contributed by atoms with E-state index in [0.29, 0.717) is 46.0 Å². The molecule has 0 aliphatic heterocycles. The summed E-state index contributed by atoms with van der Waals surface area (Å²) in [6.45, 7) is 0.983. The molecule has 10 heteroatoms. The van der Waals surface area contributed by atoms with Gasteiger partial charge in [0.15, 0.2) is 23.2 Å². The van der Waals surface area contributed by atoms with Gasteiger partial charge in [-0.2, -0.15) is 0 Å². The lowest BCUT2D eigenvalue weighted by atomic mass is 10.3. The fraction of sp³-hybridized carbons (Fsp3) is 0.333. The summed E-state index contributed by atoms with van der Waals surface area (Å²) in [7, 11) is 7.04. The van der Waals surface area contributed by atoms with Crippen molar-refractivity contribution in [1.82, 2.24) is 9.88 Å². The van der Waals surface area contributed by atoms with E-state index >= 15 is 0 Å². The zero-order chi connectivity index (χ0) is 21.7. The first-order valence-electron chi connectivity index (χ1n) is 9.28. The molecule has 0 atom stereocenters. The average molecular weight is 486 g/mol. The van der Waals surface area contributed by atoms with Crippen molar-refractivity contribution < 1.29 is 19.0 Å². The quantitative estimate of drug-likeness (QED) is 0.448. The number of anilines is 1. The largest absolute Gasteiger partial charge is 0.494 e. The Kier molecular flexibility index (Phi) is 9.18. The molecular weight excluding hydrogens is 461 g/mol. The van der Waals surface area contributed by atoms with Crippen molar-refractivity contribution in [3.05, 3.63) is 41.4 Å². The highest BCUT2D eigenvalue weighted by Gasteiger charge is 2.23. The molecule has 0 spiro atoms. The number of hydrogen-bond donors (Lipinski definition) is 0. The van der Waals surface area contributed by atoms with Gasteiger partial charge in [0, 0.05) is 13.1 Å². The molecule has 0 aliphatic carbocycles. The maximum absolute atomic E-state index is 13.1. The van der Waals surface area contributed by atoms with E-state index in [0.717, 1.165) is 4.70 Å². The molecule has 2 aromatic carbocycles. The number of amides is 1. The molecule has 3 aromatic rings. The minimum atomic E-state index is -0.211. The van der Waals surface area contributed by atoms with Crippen LogP contribution in [0.15, 0.2) is 36.4 Å². The maximum atomic E-state index is 13.1. The number of carbonyl (C=O) groups excluding carboxylic acids is 1. The van der Waals surface area contributed by atoms with Gasteiger partial charge < -0.3 is 19.1 Å². The number of fused-ring (bicyclic) bond motifs is 1. The Morgan fingerprint density at radius 2 is 1.71 bits per heavy atom. The Bertz CT molecular complexity index is 1030. The van der Waals surface area contributed by atoms with Crippen LogP contribution in [0.25, 0.3) is 10.2 Å². The molecule has 0 saturated carbocycles.